The van der Waals surface area contributed by atoms with Gasteiger partial charge in [-0.05, 0) is 42.8 Å². The Balaban J connectivity index is 2.15. The Hall–Kier alpha value is -3.07. The Morgan fingerprint density at radius 3 is 2.57 bits per heavy atom. The summed E-state index contributed by atoms with van der Waals surface area (Å²) in [6, 6.07) is 9.34. The number of nitrogens with zero attached hydrogens (tertiary/aromatic N) is 2. The monoisotopic (exact) mass is 311 g/mol. The molecule has 0 bridgehead atoms. The maximum atomic E-state index is 12.9. The fourth-order valence-electron chi connectivity index (χ4n) is 2.03. The number of benzene rings is 1. The zero-order valence-corrected chi connectivity index (χ0v) is 12.2. The number of halogens is 1. The van der Waals surface area contributed by atoms with Gasteiger partial charge in [0.05, 0.1) is 12.1 Å². The van der Waals surface area contributed by atoms with E-state index in [0.717, 1.165) is 0 Å². The second-order valence-electron chi connectivity index (χ2n) is 4.84. The molecule has 1 N–H and O–H groups in total. The van der Waals surface area contributed by atoms with E-state index in [2.05, 4.69) is 10.3 Å². The highest BCUT2D eigenvalue weighted by atomic mass is 19.1. The molecular formula is C17H14FN3O2. The topological polar surface area (TPSA) is 82.9 Å². The first kappa shape index (κ1) is 16.3. The lowest BCUT2D eigenvalue weighted by molar-refractivity contribution is 0.0853. The van der Waals surface area contributed by atoms with Crippen LogP contribution in [-0.4, -0.2) is 22.7 Å². The van der Waals surface area contributed by atoms with Crippen molar-refractivity contribution in [2.24, 2.45) is 0 Å². The zero-order valence-electron chi connectivity index (χ0n) is 12.2. The van der Waals surface area contributed by atoms with Crippen molar-refractivity contribution in [3.05, 3.63) is 65.7 Å². The van der Waals surface area contributed by atoms with Gasteiger partial charge in [-0.25, -0.2) is 4.39 Å². The number of hydrogen-bond donors (Lipinski definition) is 1. The molecule has 0 aliphatic carbocycles. The van der Waals surface area contributed by atoms with Gasteiger partial charge in [0.2, 0.25) is 0 Å². The second-order valence-corrected chi connectivity index (χ2v) is 4.84. The van der Waals surface area contributed by atoms with E-state index in [1.54, 1.807) is 12.1 Å². The van der Waals surface area contributed by atoms with Crippen molar-refractivity contribution < 1.29 is 14.0 Å². The Bertz CT molecular complexity index is 724. The van der Waals surface area contributed by atoms with Gasteiger partial charge in [0.1, 0.15) is 5.82 Å². The Kier molecular flexibility index (Phi) is 5.53. The molecule has 0 fully saturated rings. The fourth-order valence-corrected chi connectivity index (χ4v) is 2.03. The molecule has 1 atom stereocenters. The summed E-state index contributed by atoms with van der Waals surface area (Å²) >= 11 is 0. The van der Waals surface area contributed by atoms with Crippen LogP contribution in [0.1, 0.15) is 33.6 Å². The molecule has 0 saturated heterocycles. The molecule has 2 rings (SSSR count). The lowest BCUT2D eigenvalue weighted by atomic mass is 10.0. The van der Waals surface area contributed by atoms with E-state index in [1.165, 1.54) is 36.7 Å². The third kappa shape index (κ3) is 4.45. The normalized spacial score (nSPS) is 11.3. The lowest BCUT2D eigenvalue weighted by Gasteiger charge is -2.16. The number of ketones is 1. The van der Waals surface area contributed by atoms with E-state index < -0.39 is 17.8 Å². The molecule has 0 aliphatic heterocycles. The molecule has 2 aromatic rings. The van der Waals surface area contributed by atoms with E-state index in [4.69, 9.17) is 5.26 Å². The van der Waals surface area contributed by atoms with Gasteiger partial charge >= 0.3 is 0 Å². The SMILES string of the molecule is N#CCCC(NC(=O)c1ccc(F)cc1)C(=O)c1cccnc1. The quantitative estimate of drug-likeness (QED) is 0.831. The molecule has 1 aromatic heterocycles. The van der Waals surface area contributed by atoms with Crippen LogP contribution >= 0.6 is 0 Å². The van der Waals surface area contributed by atoms with Gasteiger partial charge in [0, 0.05) is 29.9 Å². The fraction of sp³-hybridized carbons (Fsp3) is 0.176. The number of nitriles is 1. The summed E-state index contributed by atoms with van der Waals surface area (Å²) in [5.74, 6) is -1.26. The number of aromatic nitrogens is 1. The highest BCUT2D eigenvalue weighted by Crippen LogP contribution is 2.09. The first-order chi connectivity index (χ1) is 11.1. The van der Waals surface area contributed by atoms with Crippen molar-refractivity contribution >= 4 is 11.7 Å². The minimum atomic E-state index is -0.837. The van der Waals surface area contributed by atoms with Crippen molar-refractivity contribution in [2.75, 3.05) is 0 Å². The number of hydrogen-bond acceptors (Lipinski definition) is 4. The molecule has 6 heteroatoms. The zero-order chi connectivity index (χ0) is 16.7. The summed E-state index contributed by atoms with van der Waals surface area (Å²) in [6.45, 7) is 0. The van der Waals surface area contributed by atoms with Crippen LogP contribution in [0.25, 0.3) is 0 Å². The molecule has 1 amide bonds. The largest absolute Gasteiger partial charge is 0.342 e. The van der Waals surface area contributed by atoms with Gasteiger partial charge in [-0.3, -0.25) is 14.6 Å². The molecule has 0 aliphatic rings. The minimum Gasteiger partial charge on any atom is -0.342 e. The average molecular weight is 311 g/mol. The summed E-state index contributed by atoms with van der Waals surface area (Å²) < 4.78 is 12.9. The molecule has 0 radical (unpaired) electrons. The van der Waals surface area contributed by atoms with Crippen molar-refractivity contribution in [1.82, 2.24) is 10.3 Å². The minimum absolute atomic E-state index is 0.125. The molecule has 116 valence electrons. The maximum absolute atomic E-state index is 12.9. The van der Waals surface area contributed by atoms with Crippen molar-refractivity contribution in [1.29, 1.82) is 5.26 Å². The predicted octanol–water partition coefficient (Wildman–Crippen LogP) is 2.51. The molecule has 0 saturated carbocycles. The number of Topliss-reactive ketones (excluding diaryl/α,β-unsaturated/α-hetero) is 1. The smallest absolute Gasteiger partial charge is 0.251 e. The molecule has 0 spiro atoms. The Morgan fingerprint density at radius 1 is 1.22 bits per heavy atom. The van der Waals surface area contributed by atoms with Gasteiger partial charge in [0.25, 0.3) is 5.91 Å². The van der Waals surface area contributed by atoms with Crippen LogP contribution in [0.5, 0.6) is 0 Å². The molecular weight excluding hydrogens is 297 g/mol. The Morgan fingerprint density at radius 2 is 1.96 bits per heavy atom. The molecule has 1 aromatic carbocycles. The van der Waals surface area contributed by atoms with Crippen molar-refractivity contribution in [2.45, 2.75) is 18.9 Å². The van der Waals surface area contributed by atoms with Crippen LogP contribution < -0.4 is 5.32 Å². The van der Waals surface area contributed by atoms with E-state index in [0.29, 0.717) is 5.56 Å². The van der Waals surface area contributed by atoms with Gasteiger partial charge in [-0.1, -0.05) is 0 Å². The van der Waals surface area contributed by atoms with Gasteiger partial charge < -0.3 is 5.32 Å². The Labute approximate surface area is 132 Å². The third-order valence-electron chi connectivity index (χ3n) is 3.22. The summed E-state index contributed by atoms with van der Waals surface area (Å²) in [5, 5.41) is 11.3. The van der Waals surface area contributed by atoms with Gasteiger partial charge in [0.15, 0.2) is 5.78 Å². The standard InChI is InChI=1S/C17H14FN3O2/c18-14-7-5-12(6-8-14)17(23)21-15(4-1-9-19)16(22)13-3-2-10-20-11-13/h2-3,5-8,10-11,15H,1,4H2,(H,21,23). The van der Waals surface area contributed by atoms with Crippen LogP contribution in [-0.2, 0) is 0 Å². The van der Waals surface area contributed by atoms with Crippen LogP contribution in [0.4, 0.5) is 4.39 Å². The number of carbonyl (C=O) groups is 2. The number of carbonyl (C=O) groups excluding carboxylic acids is 2. The lowest BCUT2D eigenvalue weighted by Crippen LogP contribution is -2.40. The number of rotatable bonds is 6. The highest BCUT2D eigenvalue weighted by Gasteiger charge is 2.22. The van der Waals surface area contributed by atoms with E-state index >= 15 is 0 Å². The van der Waals surface area contributed by atoms with E-state index in [9.17, 15) is 14.0 Å². The second kappa shape index (κ2) is 7.80. The van der Waals surface area contributed by atoms with E-state index in [1.807, 2.05) is 6.07 Å². The van der Waals surface area contributed by atoms with Gasteiger partial charge in [-0.15, -0.1) is 0 Å². The van der Waals surface area contributed by atoms with Crippen LogP contribution in [0, 0.1) is 17.1 Å². The maximum Gasteiger partial charge on any atom is 0.251 e. The molecule has 1 heterocycles. The number of amides is 1. The van der Waals surface area contributed by atoms with E-state index in [-0.39, 0.29) is 24.2 Å². The molecule has 23 heavy (non-hydrogen) atoms. The molecule has 1 unspecified atom stereocenters. The van der Waals surface area contributed by atoms with Crippen molar-refractivity contribution in [3.63, 3.8) is 0 Å². The van der Waals surface area contributed by atoms with Crippen molar-refractivity contribution in [3.8, 4) is 6.07 Å². The summed E-state index contributed by atoms with van der Waals surface area (Å²) in [5.41, 5.74) is 0.599. The summed E-state index contributed by atoms with van der Waals surface area (Å²) in [7, 11) is 0. The first-order valence-corrected chi connectivity index (χ1v) is 6.99. The predicted molar refractivity (Wildman–Crippen MR) is 81.1 cm³/mol. The number of nitrogens with one attached hydrogen (secondary N) is 1. The van der Waals surface area contributed by atoms with Gasteiger partial charge in [-0.2, -0.15) is 5.26 Å². The summed E-state index contributed by atoms with van der Waals surface area (Å²) in [6.07, 6.45) is 3.27. The van der Waals surface area contributed by atoms with Crippen LogP contribution in [0.15, 0.2) is 48.8 Å². The highest BCUT2D eigenvalue weighted by molar-refractivity contribution is 6.04. The number of pyridine rings is 1. The third-order valence-corrected chi connectivity index (χ3v) is 3.22. The summed E-state index contributed by atoms with van der Waals surface area (Å²) in [4.78, 5) is 28.5. The average Bonchev–Trinajstić information content (AvgIpc) is 2.59. The van der Waals surface area contributed by atoms with Crippen LogP contribution in [0.3, 0.4) is 0 Å². The first-order valence-electron chi connectivity index (χ1n) is 6.99. The van der Waals surface area contributed by atoms with Crippen LogP contribution in [0.2, 0.25) is 0 Å². The molecule has 5 nitrogen and oxygen atoms in total.